The number of para-hydroxylation sites is 1. The van der Waals surface area contributed by atoms with E-state index < -0.39 is 0 Å². The van der Waals surface area contributed by atoms with Crippen molar-refractivity contribution in [1.29, 1.82) is 0 Å². The zero-order chi connectivity index (χ0) is 10.5. The van der Waals surface area contributed by atoms with Gasteiger partial charge in [0.1, 0.15) is 5.75 Å². The molecule has 2 rings (SSSR count). The Bertz CT molecular complexity index is 307. The first-order valence-electron chi connectivity index (χ1n) is 5.84. The Hall–Kier alpha value is -1.02. The van der Waals surface area contributed by atoms with E-state index >= 15 is 0 Å². The third-order valence-corrected chi connectivity index (χ3v) is 2.96. The van der Waals surface area contributed by atoms with Gasteiger partial charge < -0.3 is 10.1 Å². The Morgan fingerprint density at radius 1 is 1.33 bits per heavy atom. The maximum absolute atomic E-state index is 5.58. The highest BCUT2D eigenvalue weighted by atomic mass is 16.5. The van der Waals surface area contributed by atoms with Gasteiger partial charge in [0.25, 0.3) is 0 Å². The van der Waals surface area contributed by atoms with Crippen LogP contribution < -0.4 is 10.1 Å². The molecule has 0 aliphatic heterocycles. The second kappa shape index (κ2) is 5.17. The van der Waals surface area contributed by atoms with Crippen LogP contribution in [-0.4, -0.2) is 12.6 Å². The van der Waals surface area contributed by atoms with Gasteiger partial charge in [-0.15, -0.1) is 0 Å². The molecule has 82 valence electrons. The molecule has 1 aromatic rings. The molecule has 1 aromatic carbocycles. The van der Waals surface area contributed by atoms with Gasteiger partial charge in [-0.1, -0.05) is 24.6 Å². The summed E-state index contributed by atoms with van der Waals surface area (Å²) in [7, 11) is 0. The minimum atomic E-state index is 0.736. The molecule has 0 spiro atoms. The molecule has 0 aromatic heterocycles. The van der Waals surface area contributed by atoms with Crippen molar-refractivity contribution in [2.75, 3.05) is 6.61 Å². The van der Waals surface area contributed by atoms with E-state index in [1.165, 1.54) is 24.8 Å². The topological polar surface area (TPSA) is 21.3 Å². The Morgan fingerprint density at radius 3 is 2.80 bits per heavy atom. The van der Waals surface area contributed by atoms with Crippen LogP contribution in [0.1, 0.15) is 31.7 Å². The predicted molar refractivity (Wildman–Crippen MR) is 62.1 cm³/mol. The minimum absolute atomic E-state index is 0.736. The molecule has 0 bridgehead atoms. The normalized spacial score (nSPS) is 16.1. The van der Waals surface area contributed by atoms with Gasteiger partial charge in [-0.3, -0.25) is 0 Å². The van der Waals surface area contributed by atoms with E-state index in [1.54, 1.807) is 0 Å². The second-order valence-electron chi connectivity index (χ2n) is 4.05. The Balaban J connectivity index is 1.92. The maximum Gasteiger partial charge on any atom is 0.123 e. The molecule has 1 fully saturated rings. The molecule has 0 radical (unpaired) electrons. The van der Waals surface area contributed by atoms with Crippen LogP contribution in [0.15, 0.2) is 24.3 Å². The smallest absolute Gasteiger partial charge is 0.123 e. The molecule has 0 unspecified atom stereocenters. The van der Waals surface area contributed by atoms with Crippen molar-refractivity contribution >= 4 is 0 Å². The van der Waals surface area contributed by atoms with Gasteiger partial charge >= 0.3 is 0 Å². The molecule has 15 heavy (non-hydrogen) atoms. The summed E-state index contributed by atoms with van der Waals surface area (Å²) in [5.74, 6) is 1.02. The lowest BCUT2D eigenvalue weighted by Crippen LogP contribution is -2.34. The van der Waals surface area contributed by atoms with Crippen LogP contribution in [0.4, 0.5) is 0 Å². The van der Waals surface area contributed by atoms with Crippen molar-refractivity contribution in [3.8, 4) is 5.75 Å². The fraction of sp³-hybridized carbons (Fsp3) is 0.538. The zero-order valence-electron chi connectivity index (χ0n) is 9.33. The Kier molecular flexibility index (Phi) is 3.62. The maximum atomic E-state index is 5.58. The summed E-state index contributed by atoms with van der Waals surface area (Å²) in [6.07, 6.45) is 4.04. The van der Waals surface area contributed by atoms with E-state index in [-0.39, 0.29) is 0 Å². The summed E-state index contributed by atoms with van der Waals surface area (Å²) in [6, 6.07) is 9.01. The monoisotopic (exact) mass is 205 g/mol. The first-order valence-corrected chi connectivity index (χ1v) is 5.84. The molecule has 0 amide bonds. The van der Waals surface area contributed by atoms with Gasteiger partial charge in [0.05, 0.1) is 6.61 Å². The number of benzene rings is 1. The summed E-state index contributed by atoms with van der Waals surface area (Å²) in [5, 5.41) is 3.55. The van der Waals surface area contributed by atoms with Gasteiger partial charge in [-0.05, 0) is 25.8 Å². The average molecular weight is 205 g/mol. The third kappa shape index (κ3) is 2.72. The van der Waals surface area contributed by atoms with Crippen molar-refractivity contribution in [3.05, 3.63) is 29.8 Å². The fourth-order valence-electron chi connectivity index (χ4n) is 1.81. The molecule has 1 saturated carbocycles. The van der Waals surface area contributed by atoms with Gasteiger partial charge in [0.2, 0.25) is 0 Å². The van der Waals surface area contributed by atoms with Gasteiger partial charge in [0.15, 0.2) is 0 Å². The van der Waals surface area contributed by atoms with Gasteiger partial charge in [0, 0.05) is 18.2 Å². The molecule has 0 atom stereocenters. The van der Waals surface area contributed by atoms with Gasteiger partial charge in [-0.2, -0.15) is 0 Å². The predicted octanol–water partition coefficient (Wildman–Crippen LogP) is 2.73. The molecule has 1 aliphatic rings. The Labute approximate surface area is 91.6 Å². The molecular weight excluding hydrogens is 186 g/mol. The lowest BCUT2D eigenvalue weighted by Gasteiger charge is -2.26. The molecule has 1 N–H and O–H groups in total. The summed E-state index contributed by atoms with van der Waals surface area (Å²) in [6.45, 7) is 3.69. The van der Waals surface area contributed by atoms with E-state index in [0.29, 0.717) is 0 Å². The average Bonchev–Trinajstić information content (AvgIpc) is 2.18. The van der Waals surface area contributed by atoms with Crippen LogP contribution in [0.25, 0.3) is 0 Å². The molecule has 0 heterocycles. The quantitative estimate of drug-likeness (QED) is 0.798. The first-order chi connectivity index (χ1) is 7.40. The van der Waals surface area contributed by atoms with Crippen LogP contribution in [0.5, 0.6) is 5.75 Å². The lowest BCUT2D eigenvalue weighted by molar-refractivity contribution is 0.321. The molecule has 2 heteroatoms. The first kappa shape index (κ1) is 10.5. The van der Waals surface area contributed by atoms with Crippen molar-refractivity contribution in [1.82, 2.24) is 5.32 Å². The van der Waals surface area contributed by atoms with Crippen LogP contribution in [0, 0.1) is 0 Å². The summed E-state index contributed by atoms with van der Waals surface area (Å²) in [4.78, 5) is 0. The number of nitrogens with one attached hydrogen (secondary N) is 1. The van der Waals surface area contributed by atoms with Crippen molar-refractivity contribution in [2.45, 2.75) is 38.8 Å². The van der Waals surface area contributed by atoms with Crippen molar-refractivity contribution in [3.63, 3.8) is 0 Å². The van der Waals surface area contributed by atoms with Crippen LogP contribution in [-0.2, 0) is 6.54 Å². The van der Waals surface area contributed by atoms with Crippen LogP contribution in [0.3, 0.4) is 0 Å². The highest BCUT2D eigenvalue weighted by molar-refractivity contribution is 5.33. The van der Waals surface area contributed by atoms with Crippen LogP contribution >= 0.6 is 0 Å². The number of ether oxygens (including phenoxy) is 1. The zero-order valence-corrected chi connectivity index (χ0v) is 9.33. The molecule has 2 nitrogen and oxygen atoms in total. The highest BCUT2D eigenvalue weighted by Gasteiger charge is 2.16. The van der Waals surface area contributed by atoms with Crippen molar-refractivity contribution < 1.29 is 4.74 Å². The third-order valence-electron chi connectivity index (χ3n) is 2.96. The van der Waals surface area contributed by atoms with E-state index in [0.717, 1.165) is 24.9 Å². The van der Waals surface area contributed by atoms with Gasteiger partial charge in [-0.25, -0.2) is 0 Å². The van der Waals surface area contributed by atoms with E-state index in [1.807, 2.05) is 19.1 Å². The second-order valence-corrected chi connectivity index (χ2v) is 4.05. The SMILES string of the molecule is CCOc1ccccc1CNC1CCC1. The van der Waals surface area contributed by atoms with E-state index in [4.69, 9.17) is 4.74 Å². The van der Waals surface area contributed by atoms with E-state index in [9.17, 15) is 0 Å². The Morgan fingerprint density at radius 2 is 2.13 bits per heavy atom. The number of rotatable bonds is 5. The molecular formula is C13H19NO. The fourth-order valence-corrected chi connectivity index (χ4v) is 1.81. The van der Waals surface area contributed by atoms with Crippen LogP contribution in [0.2, 0.25) is 0 Å². The molecule has 0 saturated heterocycles. The minimum Gasteiger partial charge on any atom is -0.494 e. The summed E-state index contributed by atoms with van der Waals surface area (Å²) >= 11 is 0. The summed E-state index contributed by atoms with van der Waals surface area (Å²) < 4.78 is 5.58. The number of hydrogen-bond donors (Lipinski definition) is 1. The van der Waals surface area contributed by atoms with Crippen molar-refractivity contribution in [2.24, 2.45) is 0 Å². The standard InChI is InChI=1S/C13H19NO/c1-2-15-13-9-4-3-6-11(13)10-14-12-7-5-8-12/h3-4,6,9,12,14H,2,5,7-8,10H2,1H3. The highest BCUT2D eigenvalue weighted by Crippen LogP contribution is 2.21. The summed E-state index contributed by atoms with van der Waals surface area (Å²) in [5.41, 5.74) is 1.27. The molecule has 1 aliphatic carbocycles. The van der Waals surface area contributed by atoms with E-state index in [2.05, 4.69) is 17.4 Å². The number of hydrogen-bond acceptors (Lipinski definition) is 2. The lowest BCUT2D eigenvalue weighted by atomic mass is 9.93. The largest absolute Gasteiger partial charge is 0.494 e.